The summed E-state index contributed by atoms with van der Waals surface area (Å²) < 4.78 is 16.9. The van der Waals surface area contributed by atoms with Gasteiger partial charge in [-0.25, -0.2) is 24.3 Å². The minimum Gasteiger partial charge on any atom is -0.270 e. The summed E-state index contributed by atoms with van der Waals surface area (Å²) in [6.07, 6.45) is 3.88. The average Bonchev–Trinajstić information content (AvgIpc) is 3.31. The molecule has 7 heteroatoms. The minimum absolute atomic E-state index is 0.276. The van der Waals surface area contributed by atoms with Crippen LogP contribution in [0.25, 0.3) is 44.9 Å². The van der Waals surface area contributed by atoms with Crippen LogP contribution in [-0.2, 0) is 0 Å². The van der Waals surface area contributed by atoms with Crippen LogP contribution in [-0.4, -0.2) is 29.7 Å². The summed E-state index contributed by atoms with van der Waals surface area (Å²) >= 11 is 0. The van der Waals surface area contributed by atoms with Crippen LogP contribution in [0.5, 0.6) is 0 Å². The van der Waals surface area contributed by atoms with Gasteiger partial charge in [0.25, 0.3) is 0 Å². The van der Waals surface area contributed by atoms with Crippen molar-refractivity contribution in [1.82, 2.24) is 29.7 Å². The van der Waals surface area contributed by atoms with Crippen LogP contribution in [0.3, 0.4) is 0 Å². The standard InChI is InChI=1S/C27H25FN6/c1-15(2)34-14-21(13-29-34)19-7-6-8-20(12-19)26-32-24(22-10-9-16(3)11-23(22)28)25-27(33-26)31-18(5)17(4)30-25/h6-15H,1-5H3. The smallest absolute Gasteiger partial charge is 0.182 e. The Bertz CT molecular complexity index is 1540. The van der Waals surface area contributed by atoms with Crippen LogP contribution in [0.2, 0.25) is 0 Å². The number of fused-ring (bicyclic) bond motifs is 1. The molecule has 0 amide bonds. The summed E-state index contributed by atoms with van der Waals surface area (Å²) in [6.45, 7) is 9.81. The first-order chi connectivity index (χ1) is 16.3. The number of benzene rings is 2. The van der Waals surface area contributed by atoms with Crippen LogP contribution < -0.4 is 0 Å². The molecule has 170 valence electrons. The lowest BCUT2D eigenvalue weighted by atomic mass is 10.0. The maximum absolute atomic E-state index is 15.0. The largest absolute Gasteiger partial charge is 0.270 e. The quantitative estimate of drug-likeness (QED) is 0.322. The zero-order valence-corrected chi connectivity index (χ0v) is 19.8. The molecule has 0 atom stereocenters. The van der Waals surface area contributed by atoms with E-state index >= 15 is 4.39 Å². The topological polar surface area (TPSA) is 69.4 Å². The first kappa shape index (κ1) is 21.8. The first-order valence-electron chi connectivity index (χ1n) is 11.2. The van der Waals surface area contributed by atoms with Gasteiger partial charge in [0.2, 0.25) is 0 Å². The molecule has 0 aliphatic carbocycles. The van der Waals surface area contributed by atoms with E-state index in [0.717, 1.165) is 33.6 Å². The normalized spacial score (nSPS) is 11.5. The van der Waals surface area contributed by atoms with E-state index in [0.29, 0.717) is 28.2 Å². The van der Waals surface area contributed by atoms with Gasteiger partial charge in [-0.3, -0.25) is 4.68 Å². The Hall–Kier alpha value is -4.00. The van der Waals surface area contributed by atoms with Gasteiger partial charge in [-0.2, -0.15) is 5.10 Å². The van der Waals surface area contributed by atoms with E-state index in [4.69, 9.17) is 9.97 Å². The Balaban J connectivity index is 1.71. The van der Waals surface area contributed by atoms with Gasteiger partial charge in [0.1, 0.15) is 17.0 Å². The van der Waals surface area contributed by atoms with Crippen molar-refractivity contribution in [3.8, 4) is 33.8 Å². The highest BCUT2D eigenvalue weighted by Crippen LogP contribution is 2.31. The van der Waals surface area contributed by atoms with Crippen LogP contribution in [0, 0.1) is 26.6 Å². The van der Waals surface area contributed by atoms with E-state index in [1.54, 1.807) is 6.07 Å². The third kappa shape index (κ3) is 3.94. The number of halogens is 1. The summed E-state index contributed by atoms with van der Waals surface area (Å²) in [4.78, 5) is 18.8. The fourth-order valence-corrected chi connectivity index (χ4v) is 3.85. The number of aryl methyl sites for hydroxylation is 3. The van der Waals surface area contributed by atoms with Crippen LogP contribution in [0.15, 0.2) is 54.9 Å². The van der Waals surface area contributed by atoms with Crippen LogP contribution in [0.1, 0.15) is 36.8 Å². The number of hydrogen-bond donors (Lipinski definition) is 0. The first-order valence-corrected chi connectivity index (χ1v) is 11.2. The van der Waals surface area contributed by atoms with Gasteiger partial charge in [-0.1, -0.05) is 24.3 Å². The van der Waals surface area contributed by atoms with Gasteiger partial charge in [0.15, 0.2) is 11.5 Å². The zero-order chi connectivity index (χ0) is 24.0. The lowest BCUT2D eigenvalue weighted by molar-refractivity contribution is 0.532. The number of rotatable bonds is 4. The van der Waals surface area contributed by atoms with Crippen molar-refractivity contribution in [2.24, 2.45) is 0 Å². The van der Waals surface area contributed by atoms with E-state index in [-0.39, 0.29) is 11.9 Å². The predicted octanol–water partition coefficient (Wildman–Crippen LogP) is 6.26. The molecule has 5 rings (SSSR count). The van der Waals surface area contributed by atoms with Crippen LogP contribution >= 0.6 is 0 Å². The highest BCUT2D eigenvalue weighted by Gasteiger charge is 2.18. The molecular formula is C27H25FN6. The van der Waals surface area contributed by atoms with E-state index in [1.807, 2.05) is 68.2 Å². The molecule has 0 unspecified atom stereocenters. The highest BCUT2D eigenvalue weighted by molar-refractivity contribution is 5.89. The molecule has 0 radical (unpaired) electrons. The van der Waals surface area contributed by atoms with E-state index in [1.165, 1.54) is 6.07 Å². The lowest BCUT2D eigenvalue weighted by Crippen LogP contribution is -2.03. The number of nitrogens with zero attached hydrogens (tertiary/aromatic N) is 6. The molecule has 0 bridgehead atoms. The molecule has 3 heterocycles. The molecule has 5 aromatic rings. The molecule has 3 aromatic heterocycles. The van der Waals surface area contributed by atoms with Crippen molar-refractivity contribution >= 4 is 11.2 Å². The van der Waals surface area contributed by atoms with Crippen LogP contribution in [0.4, 0.5) is 4.39 Å². The Morgan fingerprint density at radius 2 is 1.59 bits per heavy atom. The average molecular weight is 453 g/mol. The summed E-state index contributed by atoms with van der Waals surface area (Å²) in [5.41, 5.74) is 6.96. The summed E-state index contributed by atoms with van der Waals surface area (Å²) in [5, 5.41) is 4.45. The number of hydrogen-bond acceptors (Lipinski definition) is 5. The van der Waals surface area contributed by atoms with Gasteiger partial charge < -0.3 is 0 Å². The van der Waals surface area contributed by atoms with Gasteiger partial charge in [0.05, 0.1) is 17.6 Å². The molecule has 0 aliphatic rings. The summed E-state index contributed by atoms with van der Waals surface area (Å²) in [6, 6.07) is 13.3. The minimum atomic E-state index is -0.346. The number of aromatic nitrogens is 6. The molecular weight excluding hydrogens is 427 g/mol. The third-order valence-corrected chi connectivity index (χ3v) is 5.91. The van der Waals surface area contributed by atoms with Crippen molar-refractivity contribution in [2.45, 2.75) is 40.7 Å². The van der Waals surface area contributed by atoms with Gasteiger partial charge in [-0.05, 0) is 63.9 Å². The molecule has 0 saturated heterocycles. The van der Waals surface area contributed by atoms with Gasteiger partial charge >= 0.3 is 0 Å². The highest BCUT2D eigenvalue weighted by atomic mass is 19.1. The predicted molar refractivity (Wildman–Crippen MR) is 132 cm³/mol. The van der Waals surface area contributed by atoms with Gasteiger partial charge in [-0.15, -0.1) is 0 Å². The molecule has 2 aromatic carbocycles. The Kier molecular flexibility index (Phi) is 5.40. The lowest BCUT2D eigenvalue weighted by Gasteiger charge is -2.11. The second-order valence-corrected chi connectivity index (χ2v) is 8.83. The Morgan fingerprint density at radius 3 is 2.32 bits per heavy atom. The molecule has 0 saturated carbocycles. The molecule has 0 aliphatic heterocycles. The molecule has 34 heavy (non-hydrogen) atoms. The second kappa shape index (κ2) is 8.41. The molecule has 0 spiro atoms. The van der Waals surface area contributed by atoms with E-state index in [9.17, 15) is 0 Å². The van der Waals surface area contributed by atoms with Crippen molar-refractivity contribution in [2.75, 3.05) is 0 Å². The van der Waals surface area contributed by atoms with Crippen molar-refractivity contribution in [3.63, 3.8) is 0 Å². The zero-order valence-electron chi connectivity index (χ0n) is 19.8. The third-order valence-electron chi connectivity index (χ3n) is 5.91. The van der Waals surface area contributed by atoms with E-state index < -0.39 is 0 Å². The maximum atomic E-state index is 15.0. The molecule has 0 fully saturated rings. The summed E-state index contributed by atoms with van der Waals surface area (Å²) in [5.74, 6) is 0.124. The fourth-order valence-electron chi connectivity index (χ4n) is 3.85. The monoisotopic (exact) mass is 452 g/mol. The Labute approximate surface area is 197 Å². The fraction of sp³-hybridized carbons (Fsp3) is 0.222. The SMILES string of the molecule is Cc1ccc(-c2nc(-c3cccc(-c4cnn(C(C)C)c4)c3)nc3nc(C)c(C)nc23)c(F)c1. The Morgan fingerprint density at radius 1 is 0.824 bits per heavy atom. The maximum Gasteiger partial charge on any atom is 0.182 e. The second-order valence-electron chi connectivity index (χ2n) is 8.83. The van der Waals surface area contributed by atoms with Gasteiger partial charge in [0, 0.05) is 28.9 Å². The van der Waals surface area contributed by atoms with Crippen molar-refractivity contribution < 1.29 is 4.39 Å². The van der Waals surface area contributed by atoms with Crippen molar-refractivity contribution in [3.05, 3.63) is 77.6 Å². The molecule has 6 nitrogen and oxygen atoms in total. The molecule has 0 N–H and O–H groups in total. The summed E-state index contributed by atoms with van der Waals surface area (Å²) in [7, 11) is 0. The van der Waals surface area contributed by atoms with Crippen molar-refractivity contribution in [1.29, 1.82) is 0 Å². The van der Waals surface area contributed by atoms with E-state index in [2.05, 4.69) is 28.9 Å².